The molecule has 0 bridgehead atoms. The molecule has 0 unspecified atom stereocenters. The minimum absolute atomic E-state index is 0.0266. The van der Waals surface area contributed by atoms with E-state index in [1.807, 2.05) is 0 Å². The lowest BCUT2D eigenvalue weighted by atomic mass is 10.2. The number of carbonyl (C=O) groups is 1. The molecule has 0 aliphatic carbocycles. The number of hydrogen-bond donors (Lipinski definition) is 3. The van der Waals surface area contributed by atoms with E-state index in [9.17, 15) is 4.79 Å². The Morgan fingerprint density at radius 3 is 3.00 bits per heavy atom. The fourth-order valence-electron chi connectivity index (χ4n) is 1.10. The van der Waals surface area contributed by atoms with Gasteiger partial charge in [-0.25, -0.2) is 4.98 Å². The summed E-state index contributed by atoms with van der Waals surface area (Å²) in [6.07, 6.45) is 3.76. The van der Waals surface area contributed by atoms with Gasteiger partial charge in [0.25, 0.3) is 0 Å². The monoisotopic (exact) mass is 226 g/mol. The number of thiazole rings is 1. The number of ketones is 1. The first kappa shape index (κ1) is 11.6. The van der Waals surface area contributed by atoms with Gasteiger partial charge in [0.2, 0.25) is 0 Å². The van der Waals surface area contributed by atoms with Gasteiger partial charge in [0, 0.05) is 24.5 Å². The van der Waals surface area contributed by atoms with Gasteiger partial charge in [-0.15, -0.1) is 11.3 Å². The summed E-state index contributed by atoms with van der Waals surface area (Å²) in [5, 5.41) is 12.0. The van der Waals surface area contributed by atoms with Crippen molar-refractivity contribution in [3.63, 3.8) is 0 Å². The number of rotatable bonds is 6. The van der Waals surface area contributed by atoms with Gasteiger partial charge in [0.1, 0.15) is 0 Å². The molecule has 0 aliphatic rings. The minimum atomic E-state index is -0.0266. The van der Waals surface area contributed by atoms with Gasteiger partial charge in [-0.05, 0) is 12.8 Å². The number of nitrogens with one attached hydrogen (secondary N) is 2. The Morgan fingerprint density at radius 2 is 2.40 bits per heavy atom. The number of nitrogens with zero attached hydrogens (tertiary/aromatic N) is 1. The highest BCUT2D eigenvalue weighted by Crippen LogP contribution is 2.09. The molecule has 6 heteroatoms. The molecule has 15 heavy (non-hydrogen) atoms. The fraction of sp³-hybridized carbons (Fsp3) is 0.444. The van der Waals surface area contributed by atoms with Crippen LogP contribution in [0.4, 0.5) is 0 Å². The zero-order valence-corrected chi connectivity index (χ0v) is 9.14. The van der Waals surface area contributed by atoms with Crippen molar-refractivity contribution < 1.29 is 4.79 Å². The van der Waals surface area contributed by atoms with Crippen molar-refractivity contribution in [3.05, 3.63) is 16.6 Å². The van der Waals surface area contributed by atoms with Gasteiger partial charge in [-0.3, -0.25) is 10.2 Å². The molecule has 0 spiro atoms. The molecule has 82 valence electrons. The normalized spacial score (nSPS) is 9.87. The van der Waals surface area contributed by atoms with Crippen LogP contribution in [0.1, 0.15) is 29.1 Å². The predicted octanol–water partition coefficient (Wildman–Crippen LogP) is 0.979. The maximum atomic E-state index is 11.5. The third-order valence-electron chi connectivity index (χ3n) is 1.82. The summed E-state index contributed by atoms with van der Waals surface area (Å²) in [7, 11) is 0. The molecular weight excluding hydrogens is 212 g/mol. The Bertz CT molecular complexity index is 323. The number of guanidine groups is 1. The van der Waals surface area contributed by atoms with Gasteiger partial charge in [-0.2, -0.15) is 0 Å². The number of unbranched alkanes of at least 4 members (excludes halogenated alkanes) is 1. The lowest BCUT2D eigenvalue weighted by Gasteiger charge is -2.02. The van der Waals surface area contributed by atoms with Crippen LogP contribution < -0.4 is 11.1 Å². The van der Waals surface area contributed by atoms with Crippen LogP contribution in [-0.4, -0.2) is 23.3 Å². The Morgan fingerprint density at radius 1 is 1.60 bits per heavy atom. The van der Waals surface area contributed by atoms with E-state index in [0.29, 0.717) is 18.0 Å². The average molecular weight is 226 g/mol. The molecule has 0 aliphatic heterocycles. The highest BCUT2D eigenvalue weighted by atomic mass is 32.1. The third-order valence-corrected chi connectivity index (χ3v) is 2.63. The summed E-state index contributed by atoms with van der Waals surface area (Å²) in [5.74, 6) is 0.0640. The SMILES string of the molecule is N=C(N)NCCCCC(=O)c1nccs1. The van der Waals surface area contributed by atoms with Gasteiger partial charge < -0.3 is 11.1 Å². The van der Waals surface area contributed by atoms with Crippen molar-refractivity contribution in [1.82, 2.24) is 10.3 Å². The summed E-state index contributed by atoms with van der Waals surface area (Å²) < 4.78 is 0. The molecule has 0 amide bonds. The Hall–Kier alpha value is -1.43. The summed E-state index contributed by atoms with van der Waals surface area (Å²) >= 11 is 1.37. The molecule has 0 saturated heterocycles. The number of Topliss-reactive ketones (excluding diaryl/α,β-unsaturated/α-hetero) is 1. The van der Waals surface area contributed by atoms with E-state index in [2.05, 4.69) is 10.3 Å². The molecule has 4 N–H and O–H groups in total. The molecule has 0 aromatic carbocycles. The zero-order valence-electron chi connectivity index (χ0n) is 8.32. The first-order valence-electron chi connectivity index (χ1n) is 4.70. The number of aromatic nitrogens is 1. The molecule has 0 saturated carbocycles. The van der Waals surface area contributed by atoms with Gasteiger partial charge in [-0.1, -0.05) is 0 Å². The van der Waals surface area contributed by atoms with Crippen LogP contribution >= 0.6 is 11.3 Å². The summed E-state index contributed by atoms with van der Waals surface area (Å²) in [6, 6.07) is 0. The second kappa shape index (κ2) is 6.13. The molecule has 5 nitrogen and oxygen atoms in total. The second-order valence-corrected chi connectivity index (χ2v) is 3.95. The van der Waals surface area contributed by atoms with E-state index in [-0.39, 0.29) is 11.7 Å². The highest BCUT2D eigenvalue weighted by molar-refractivity contribution is 7.11. The third kappa shape index (κ3) is 4.55. The number of carbonyl (C=O) groups excluding carboxylic acids is 1. The van der Waals surface area contributed by atoms with E-state index >= 15 is 0 Å². The Kier molecular flexibility index (Phi) is 4.76. The predicted molar refractivity (Wildman–Crippen MR) is 60.2 cm³/mol. The van der Waals surface area contributed by atoms with Crippen molar-refractivity contribution in [1.29, 1.82) is 5.41 Å². The van der Waals surface area contributed by atoms with Crippen LogP contribution in [-0.2, 0) is 0 Å². The van der Waals surface area contributed by atoms with Crippen molar-refractivity contribution in [2.75, 3.05) is 6.54 Å². The van der Waals surface area contributed by atoms with Crippen LogP contribution in [0.3, 0.4) is 0 Å². The molecule has 1 aromatic heterocycles. The standard InChI is InChI=1S/C9H14N4OS/c10-9(11)13-4-2-1-3-7(14)8-12-5-6-15-8/h5-6H,1-4H2,(H4,10,11,13). The maximum Gasteiger partial charge on any atom is 0.191 e. The Labute approximate surface area is 92.2 Å². The lowest BCUT2D eigenvalue weighted by molar-refractivity contribution is 0.0979. The topological polar surface area (TPSA) is 91.9 Å². The zero-order chi connectivity index (χ0) is 11.1. The van der Waals surface area contributed by atoms with Crippen LogP contribution in [0.15, 0.2) is 11.6 Å². The molecule has 1 heterocycles. The second-order valence-electron chi connectivity index (χ2n) is 3.06. The van der Waals surface area contributed by atoms with E-state index in [1.54, 1.807) is 11.6 Å². The van der Waals surface area contributed by atoms with Crippen molar-refractivity contribution in [2.24, 2.45) is 5.73 Å². The van der Waals surface area contributed by atoms with E-state index in [0.717, 1.165) is 12.8 Å². The highest BCUT2D eigenvalue weighted by Gasteiger charge is 2.07. The smallest absolute Gasteiger partial charge is 0.191 e. The molecule has 0 radical (unpaired) electrons. The Balaban J connectivity index is 2.10. The minimum Gasteiger partial charge on any atom is -0.370 e. The maximum absolute atomic E-state index is 11.5. The quantitative estimate of drug-likeness (QED) is 0.292. The number of nitrogens with two attached hydrogens (primary N) is 1. The fourth-order valence-corrected chi connectivity index (χ4v) is 1.71. The molecule has 1 aromatic rings. The van der Waals surface area contributed by atoms with Crippen molar-refractivity contribution in [2.45, 2.75) is 19.3 Å². The van der Waals surface area contributed by atoms with E-state index in [4.69, 9.17) is 11.1 Å². The summed E-state index contributed by atoms with van der Waals surface area (Å²) in [6.45, 7) is 0.639. The summed E-state index contributed by atoms with van der Waals surface area (Å²) in [5.41, 5.74) is 5.11. The number of hydrogen-bond acceptors (Lipinski definition) is 4. The average Bonchev–Trinajstić information content (AvgIpc) is 2.69. The molecule has 0 fully saturated rings. The van der Waals surface area contributed by atoms with Crippen LogP contribution in [0.2, 0.25) is 0 Å². The first-order chi connectivity index (χ1) is 7.20. The van der Waals surface area contributed by atoms with Gasteiger partial charge >= 0.3 is 0 Å². The summed E-state index contributed by atoms with van der Waals surface area (Å²) in [4.78, 5) is 15.4. The van der Waals surface area contributed by atoms with Gasteiger partial charge in [0.05, 0.1) is 0 Å². The lowest BCUT2D eigenvalue weighted by Crippen LogP contribution is -2.30. The van der Waals surface area contributed by atoms with Crippen molar-refractivity contribution in [3.8, 4) is 0 Å². The van der Waals surface area contributed by atoms with Crippen LogP contribution in [0.25, 0.3) is 0 Å². The van der Waals surface area contributed by atoms with Crippen LogP contribution in [0.5, 0.6) is 0 Å². The van der Waals surface area contributed by atoms with Crippen molar-refractivity contribution >= 4 is 23.1 Å². The molecule has 0 atom stereocenters. The molecular formula is C9H14N4OS. The van der Waals surface area contributed by atoms with Crippen LogP contribution in [0, 0.1) is 5.41 Å². The largest absolute Gasteiger partial charge is 0.370 e. The van der Waals surface area contributed by atoms with E-state index in [1.165, 1.54) is 11.3 Å². The van der Waals surface area contributed by atoms with E-state index < -0.39 is 0 Å². The molecule has 1 rings (SSSR count). The van der Waals surface area contributed by atoms with Gasteiger partial charge in [0.15, 0.2) is 16.8 Å². The first-order valence-corrected chi connectivity index (χ1v) is 5.58.